The van der Waals surface area contributed by atoms with E-state index in [2.05, 4.69) is 179 Å². The maximum Gasteiger partial charge on any atom is 0.136 e. The molecule has 0 unspecified atom stereocenters. The molecule has 50 heavy (non-hydrogen) atoms. The van der Waals surface area contributed by atoms with Crippen molar-refractivity contribution < 1.29 is 4.42 Å². The highest BCUT2D eigenvalue weighted by Gasteiger charge is 2.24. The van der Waals surface area contributed by atoms with E-state index < -0.39 is 0 Å². The quantitative estimate of drug-likeness (QED) is 0.188. The van der Waals surface area contributed by atoms with Gasteiger partial charge >= 0.3 is 0 Å². The molecule has 0 spiro atoms. The normalized spacial score (nSPS) is 12.0. The Kier molecular flexibility index (Phi) is 5.83. The fraction of sp³-hybridized carbons (Fsp3) is 0. The van der Waals surface area contributed by atoms with Crippen LogP contribution in [-0.4, -0.2) is 4.57 Å². The summed E-state index contributed by atoms with van der Waals surface area (Å²) < 4.78 is 11.4. The molecule has 3 heterocycles. The van der Waals surface area contributed by atoms with Crippen LogP contribution in [0.4, 0.5) is 17.1 Å². The minimum Gasteiger partial charge on any atom is -0.456 e. The first kappa shape index (κ1) is 27.6. The van der Waals surface area contributed by atoms with Crippen molar-refractivity contribution in [1.29, 1.82) is 0 Å². The van der Waals surface area contributed by atoms with Gasteiger partial charge in [-0.05, 0) is 89.6 Å². The third kappa shape index (κ3) is 3.97. The molecule has 0 saturated carbocycles. The highest BCUT2D eigenvalue weighted by Crippen LogP contribution is 2.49. The monoisotopic (exact) mass is 656 g/mol. The Morgan fingerprint density at radius 3 is 1.98 bits per heavy atom. The molecule has 0 aliphatic rings. The Hall–Kier alpha value is -6.36. The van der Waals surface area contributed by atoms with Crippen molar-refractivity contribution in [3.05, 3.63) is 170 Å². The van der Waals surface area contributed by atoms with E-state index in [1.165, 1.54) is 52.8 Å². The van der Waals surface area contributed by atoms with E-state index in [0.717, 1.165) is 44.7 Å². The van der Waals surface area contributed by atoms with Gasteiger partial charge in [0.25, 0.3) is 0 Å². The van der Waals surface area contributed by atoms with Crippen molar-refractivity contribution in [2.45, 2.75) is 0 Å². The van der Waals surface area contributed by atoms with Gasteiger partial charge in [0.05, 0.1) is 22.4 Å². The van der Waals surface area contributed by atoms with Gasteiger partial charge in [-0.1, -0.05) is 91.0 Å². The Morgan fingerprint density at radius 2 is 1.10 bits per heavy atom. The maximum atomic E-state index is 6.48. The van der Waals surface area contributed by atoms with Crippen LogP contribution < -0.4 is 4.90 Å². The maximum absolute atomic E-state index is 6.48. The van der Waals surface area contributed by atoms with Gasteiger partial charge in [-0.25, -0.2) is 0 Å². The zero-order valence-corrected chi connectivity index (χ0v) is 27.7. The predicted octanol–water partition coefficient (Wildman–Crippen LogP) is 13.7. The molecule has 0 bridgehead atoms. The van der Waals surface area contributed by atoms with Gasteiger partial charge in [0.1, 0.15) is 11.2 Å². The van der Waals surface area contributed by atoms with Gasteiger partial charge in [-0.3, -0.25) is 0 Å². The summed E-state index contributed by atoms with van der Waals surface area (Å²) in [6.07, 6.45) is 0. The minimum absolute atomic E-state index is 0.886. The minimum atomic E-state index is 0.886. The van der Waals surface area contributed by atoms with Crippen LogP contribution in [0.15, 0.2) is 174 Å². The van der Waals surface area contributed by atoms with E-state index in [1.807, 2.05) is 11.3 Å². The Labute approximate surface area is 291 Å². The van der Waals surface area contributed by atoms with E-state index in [1.54, 1.807) is 0 Å². The lowest BCUT2D eigenvalue weighted by Gasteiger charge is -2.27. The molecule has 4 heteroatoms. The number of furan rings is 1. The lowest BCUT2D eigenvalue weighted by molar-refractivity contribution is 0.669. The third-order valence-electron chi connectivity index (χ3n) is 10.1. The standard InChI is InChI=1S/C46H28N2OS/c1-2-14-31(15-3-1)47-37-18-8-6-16-33(37)45-38(47)19-10-20-39(45)48(40-21-11-23-44-46(40)34-17-7-9-22-43(34)50-44)32-24-25-41-36(28-32)35-26-29-12-4-5-13-30(29)27-42(35)49-41/h1-28H. The summed E-state index contributed by atoms with van der Waals surface area (Å²) in [5, 5.41) is 9.58. The van der Waals surface area contributed by atoms with Gasteiger partial charge in [0.15, 0.2) is 0 Å². The number of benzene rings is 8. The van der Waals surface area contributed by atoms with E-state index in [9.17, 15) is 0 Å². The zero-order valence-electron chi connectivity index (χ0n) is 26.9. The first-order valence-corrected chi connectivity index (χ1v) is 17.7. The van der Waals surface area contributed by atoms with E-state index >= 15 is 0 Å². The molecule has 0 radical (unpaired) electrons. The van der Waals surface area contributed by atoms with Crippen LogP contribution in [0.2, 0.25) is 0 Å². The van der Waals surface area contributed by atoms with Crippen molar-refractivity contribution in [2.75, 3.05) is 4.90 Å². The molecule has 3 nitrogen and oxygen atoms in total. The highest BCUT2D eigenvalue weighted by molar-refractivity contribution is 7.26. The largest absolute Gasteiger partial charge is 0.456 e. The molecule has 0 amide bonds. The lowest BCUT2D eigenvalue weighted by atomic mass is 10.0. The summed E-state index contributed by atoms with van der Waals surface area (Å²) in [7, 11) is 0. The zero-order chi connectivity index (χ0) is 32.8. The van der Waals surface area contributed by atoms with E-state index in [0.29, 0.717) is 0 Å². The van der Waals surface area contributed by atoms with Crippen LogP contribution in [0.5, 0.6) is 0 Å². The lowest BCUT2D eigenvalue weighted by Crippen LogP contribution is -2.10. The van der Waals surface area contributed by atoms with Crippen molar-refractivity contribution >= 4 is 103 Å². The molecule has 0 N–H and O–H groups in total. The summed E-state index contributed by atoms with van der Waals surface area (Å²) in [5.74, 6) is 0. The second kappa shape index (κ2) is 10.6. The average molecular weight is 657 g/mol. The fourth-order valence-corrected chi connectivity index (χ4v) is 9.11. The van der Waals surface area contributed by atoms with Crippen molar-refractivity contribution in [2.24, 2.45) is 0 Å². The molecule has 0 saturated heterocycles. The smallest absolute Gasteiger partial charge is 0.136 e. The molecule has 0 aliphatic heterocycles. The molecule has 0 fully saturated rings. The van der Waals surface area contributed by atoms with Crippen molar-refractivity contribution in [1.82, 2.24) is 4.57 Å². The molecule has 11 rings (SSSR count). The SMILES string of the molecule is c1ccc(-n2c3ccccc3c3c(N(c4ccc5oc6cc7ccccc7cc6c5c4)c4cccc5sc6ccccc6c45)cccc32)cc1. The summed E-state index contributed by atoms with van der Waals surface area (Å²) in [4.78, 5) is 2.48. The van der Waals surface area contributed by atoms with Gasteiger partial charge in [-0.15, -0.1) is 11.3 Å². The Bertz CT molecular complexity index is 3110. The van der Waals surface area contributed by atoms with Crippen LogP contribution in [0.3, 0.4) is 0 Å². The molecular formula is C46H28N2OS. The number of nitrogens with zero attached hydrogens (tertiary/aromatic N) is 2. The number of para-hydroxylation sites is 2. The Balaban J connectivity index is 1.26. The van der Waals surface area contributed by atoms with Gasteiger partial charge in [0, 0.05) is 53.1 Å². The molecule has 234 valence electrons. The Morgan fingerprint density at radius 1 is 0.440 bits per heavy atom. The fourth-order valence-electron chi connectivity index (χ4n) is 7.98. The number of anilines is 3. The number of hydrogen-bond donors (Lipinski definition) is 0. The highest BCUT2D eigenvalue weighted by atomic mass is 32.1. The summed E-state index contributed by atoms with van der Waals surface area (Å²) in [6, 6.07) is 61.3. The second-order valence-electron chi connectivity index (χ2n) is 12.9. The molecule has 8 aromatic carbocycles. The predicted molar refractivity (Wildman–Crippen MR) is 213 cm³/mol. The van der Waals surface area contributed by atoms with Gasteiger partial charge in [0.2, 0.25) is 0 Å². The third-order valence-corrected chi connectivity index (χ3v) is 11.3. The van der Waals surface area contributed by atoms with E-state index in [-0.39, 0.29) is 0 Å². The number of rotatable bonds is 4. The van der Waals surface area contributed by atoms with Gasteiger partial charge in [-0.2, -0.15) is 0 Å². The molecule has 0 aliphatic carbocycles. The number of hydrogen-bond acceptors (Lipinski definition) is 3. The van der Waals surface area contributed by atoms with Crippen molar-refractivity contribution in [3.8, 4) is 5.69 Å². The average Bonchev–Trinajstić information content (AvgIpc) is 3.84. The first-order valence-electron chi connectivity index (χ1n) is 16.9. The van der Waals surface area contributed by atoms with Crippen LogP contribution in [0.25, 0.3) is 80.4 Å². The summed E-state index contributed by atoms with van der Waals surface area (Å²) in [6.45, 7) is 0. The summed E-state index contributed by atoms with van der Waals surface area (Å²) >= 11 is 1.85. The molecule has 3 aromatic heterocycles. The second-order valence-corrected chi connectivity index (χ2v) is 14.0. The molecule has 0 atom stereocenters. The number of thiophene rings is 1. The summed E-state index contributed by atoms with van der Waals surface area (Å²) in [5.41, 5.74) is 8.66. The van der Waals surface area contributed by atoms with E-state index in [4.69, 9.17) is 4.42 Å². The number of fused-ring (bicyclic) bond motifs is 10. The number of aromatic nitrogens is 1. The van der Waals surface area contributed by atoms with Gasteiger partial charge < -0.3 is 13.9 Å². The topological polar surface area (TPSA) is 21.3 Å². The van der Waals surface area contributed by atoms with Crippen LogP contribution in [-0.2, 0) is 0 Å². The van der Waals surface area contributed by atoms with Crippen LogP contribution >= 0.6 is 11.3 Å². The van der Waals surface area contributed by atoms with Crippen LogP contribution in [0, 0.1) is 0 Å². The molecule has 11 aromatic rings. The van der Waals surface area contributed by atoms with Crippen LogP contribution in [0.1, 0.15) is 0 Å². The first-order chi connectivity index (χ1) is 24.8. The van der Waals surface area contributed by atoms with Crippen molar-refractivity contribution in [3.63, 3.8) is 0 Å². The molecular weight excluding hydrogens is 629 g/mol.